The Hall–Kier alpha value is -2.31. The molecule has 0 aromatic heterocycles. The topological polar surface area (TPSA) is 47.9 Å². The molecule has 0 saturated carbocycles. The second-order valence-electron chi connectivity index (χ2n) is 7.16. The number of rotatable bonds is 3. The van der Waals surface area contributed by atoms with Crippen LogP contribution in [0.3, 0.4) is 0 Å². The SMILES string of the molecule is Cc1cc(C2=NN(C(=S)Nc3ccccc3Cl)C(c3c(Cl)cccc3Cl)C2)ccc1O. The highest BCUT2D eigenvalue weighted by Gasteiger charge is 2.34. The Bertz CT molecular complexity index is 1180. The molecule has 0 fully saturated rings. The van der Waals surface area contributed by atoms with Gasteiger partial charge in [0, 0.05) is 22.0 Å². The van der Waals surface area contributed by atoms with Gasteiger partial charge in [-0.1, -0.05) is 53.0 Å². The van der Waals surface area contributed by atoms with Crippen LogP contribution in [0.2, 0.25) is 15.1 Å². The summed E-state index contributed by atoms with van der Waals surface area (Å²) >= 11 is 25.0. The van der Waals surface area contributed by atoms with E-state index < -0.39 is 0 Å². The Morgan fingerprint density at radius 1 is 1.03 bits per heavy atom. The number of phenolic OH excluding ortho intramolecular Hbond substituents is 1. The van der Waals surface area contributed by atoms with Crippen molar-refractivity contribution < 1.29 is 5.11 Å². The number of nitrogens with zero attached hydrogens (tertiary/aromatic N) is 2. The molecule has 1 heterocycles. The molecule has 0 aliphatic carbocycles. The Morgan fingerprint density at radius 2 is 1.71 bits per heavy atom. The van der Waals surface area contributed by atoms with Gasteiger partial charge in [-0.25, -0.2) is 5.01 Å². The lowest BCUT2D eigenvalue weighted by Crippen LogP contribution is -2.31. The van der Waals surface area contributed by atoms with Crippen molar-refractivity contribution in [1.82, 2.24) is 5.01 Å². The van der Waals surface area contributed by atoms with E-state index in [1.165, 1.54) is 0 Å². The summed E-state index contributed by atoms with van der Waals surface area (Å²) in [6.07, 6.45) is 0.540. The minimum atomic E-state index is -0.298. The van der Waals surface area contributed by atoms with E-state index in [0.717, 1.165) is 22.4 Å². The molecule has 3 aromatic rings. The minimum Gasteiger partial charge on any atom is -0.508 e. The molecule has 158 valence electrons. The van der Waals surface area contributed by atoms with Crippen LogP contribution in [0.25, 0.3) is 0 Å². The van der Waals surface area contributed by atoms with Crippen molar-refractivity contribution >= 4 is 63.5 Å². The first-order valence-electron chi connectivity index (χ1n) is 9.51. The van der Waals surface area contributed by atoms with Crippen molar-refractivity contribution in [2.24, 2.45) is 5.10 Å². The molecule has 0 bridgehead atoms. The number of benzene rings is 3. The second kappa shape index (κ2) is 9.05. The normalized spacial score (nSPS) is 15.7. The molecule has 4 rings (SSSR count). The van der Waals surface area contributed by atoms with Gasteiger partial charge in [0.2, 0.25) is 0 Å². The maximum atomic E-state index is 9.89. The molecular formula is C23H18Cl3N3OS. The number of hydrogen-bond acceptors (Lipinski definition) is 3. The van der Waals surface area contributed by atoms with Gasteiger partial charge in [-0.05, 0) is 72.7 Å². The molecule has 4 nitrogen and oxygen atoms in total. The maximum Gasteiger partial charge on any atom is 0.194 e. The van der Waals surface area contributed by atoms with Crippen molar-refractivity contribution in [3.63, 3.8) is 0 Å². The number of anilines is 1. The summed E-state index contributed by atoms with van der Waals surface area (Å²) in [7, 11) is 0. The first-order valence-corrected chi connectivity index (χ1v) is 11.1. The van der Waals surface area contributed by atoms with Gasteiger partial charge in [-0.3, -0.25) is 0 Å². The van der Waals surface area contributed by atoms with Crippen LogP contribution in [0.1, 0.15) is 29.2 Å². The Morgan fingerprint density at radius 3 is 2.39 bits per heavy atom. The number of thiocarbonyl (C=S) groups is 1. The van der Waals surface area contributed by atoms with Crippen LogP contribution < -0.4 is 5.32 Å². The highest BCUT2D eigenvalue weighted by Crippen LogP contribution is 2.40. The monoisotopic (exact) mass is 489 g/mol. The predicted molar refractivity (Wildman–Crippen MR) is 133 cm³/mol. The van der Waals surface area contributed by atoms with Gasteiger partial charge in [0.05, 0.1) is 22.5 Å². The van der Waals surface area contributed by atoms with E-state index in [1.54, 1.807) is 35.3 Å². The second-order valence-corrected chi connectivity index (χ2v) is 8.77. The number of aryl methyl sites for hydroxylation is 1. The van der Waals surface area contributed by atoms with E-state index in [-0.39, 0.29) is 11.8 Å². The zero-order chi connectivity index (χ0) is 22.1. The summed E-state index contributed by atoms with van der Waals surface area (Å²) in [5.74, 6) is 0.237. The average Bonchev–Trinajstić information content (AvgIpc) is 3.17. The van der Waals surface area contributed by atoms with Gasteiger partial charge in [0.25, 0.3) is 0 Å². The van der Waals surface area contributed by atoms with Crippen molar-refractivity contribution in [3.05, 3.63) is 92.4 Å². The number of hydrogen-bond donors (Lipinski definition) is 2. The molecule has 1 atom stereocenters. The molecule has 8 heteroatoms. The number of phenols is 1. The van der Waals surface area contributed by atoms with Gasteiger partial charge in [-0.2, -0.15) is 5.10 Å². The van der Waals surface area contributed by atoms with Gasteiger partial charge in [-0.15, -0.1) is 0 Å². The van der Waals surface area contributed by atoms with Crippen molar-refractivity contribution in [3.8, 4) is 5.75 Å². The first-order chi connectivity index (χ1) is 14.8. The number of halogens is 3. The fraction of sp³-hybridized carbons (Fsp3) is 0.130. The van der Waals surface area contributed by atoms with Crippen LogP contribution in [0.15, 0.2) is 65.8 Å². The third-order valence-corrected chi connectivity index (χ3v) is 6.37. The zero-order valence-corrected chi connectivity index (χ0v) is 19.5. The quantitative estimate of drug-likeness (QED) is 0.381. The summed E-state index contributed by atoms with van der Waals surface area (Å²) < 4.78 is 0. The van der Waals surface area contributed by atoms with Crippen LogP contribution in [-0.4, -0.2) is 20.9 Å². The Kier molecular flexibility index (Phi) is 6.39. The summed E-state index contributed by atoms with van der Waals surface area (Å²) in [6, 6.07) is 17.8. The molecule has 0 amide bonds. The molecule has 31 heavy (non-hydrogen) atoms. The van der Waals surface area contributed by atoms with Gasteiger partial charge in [0.1, 0.15) is 5.75 Å². The van der Waals surface area contributed by atoms with Gasteiger partial charge < -0.3 is 10.4 Å². The van der Waals surface area contributed by atoms with E-state index in [2.05, 4.69) is 5.32 Å². The number of nitrogens with one attached hydrogen (secondary N) is 1. The lowest BCUT2D eigenvalue weighted by Gasteiger charge is -2.26. The summed E-state index contributed by atoms with van der Waals surface area (Å²) in [5.41, 5.74) is 3.91. The van der Waals surface area contributed by atoms with Gasteiger partial charge in [0.15, 0.2) is 5.11 Å². The highest BCUT2D eigenvalue weighted by atomic mass is 35.5. The van der Waals surface area contributed by atoms with E-state index in [4.69, 9.17) is 52.1 Å². The molecule has 1 unspecified atom stereocenters. The molecule has 2 N–H and O–H groups in total. The fourth-order valence-corrected chi connectivity index (χ4v) is 4.61. The molecule has 0 saturated heterocycles. The van der Waals surface area contributed by atoms with E-state index in [1.807, 2.05) is 37.3 Å². The largest absolute Gasteiger partial charge is 0.508 e. The molecule has 0 radical (unpaired) electrons. The third-order valence-electron chi connectivity index (χ3n) is 5.10. The molecule has 0 spiro atoms. The number of aromatic hydroxyl groups is 1. The highest BCUT2D eigenvalue weighted by molar-refractivity contribution is 7.80. The van der Waals surface area contributed by atoms with E-state index >= 15 is 0 Å². The fourth-order valence-electron chi connectivity index (χ4n) is 3.50. The van der Waals surface area contributed by atoms with Crippen molar-refractivity contribution in [1.29, 1.82) is 0 Å². The lowest BCUT2D eigenvalue weighted by atomic mass is 9.97. The average molecular weight is 491 g/mol. The van der Waals surface area contributed by atoms with E-state index in [9.17, 15) is 5.11 Å². The maximum absolute atomic E-state index is 9.89. The van der Waals surface area contributed by atoms with Crippen LogP contribution in [0.4, 0.5) is 5.69 Å². The minimum absolute atomic E-state index is 0.237. The number of para-hydroxylation sites is 1. The van der Waals surface area contributed by atoms with Crippen molar-refractivity contribution in [2.75, 3.05) is 5.32 Å². The zero-order valence-electron chi connectivity index (χ0n) is 16.4. The molecule has 3 aromatic carbocycles. The summed E-state index contributed by atoms with van der Waals surface area (Å²) in [5, 5.41) is 21.6. The third kappa shape index (κ3) is 4.51. The summed E-state index contributed by atoms with van der Waals surface area (Å²) in [6.45, 7) is 1.85. The van der Waals surface area contributed by atoms with Crippen molar-refractivity contribution in [2.45, 2.75) is 19.4 Å². The van der Waals surface area contributed by atoms with Crippen LogP contribution in [0, 0.1) is 6.92 Å². The smallest absolute Gasteiger partial charge is 0.194 e. The Balaban J connectivity index is 1.74. The van der Waals surface area contributed by atoms with Crippen LogP contribution in [-0.2, 0) is 0 Å². The van der Waals surface area contributed by atoms with Crippen LogP contribution in [0.5, 0.6) is 5.75 Å². The molecular weight excluding hydrogens is 473 g/mol. The standard InChI is InChI=1S/C23H18Cl3N3OS/c1-13-11-14(9-10-21(13)30)19-12-20(22-16(25)6-4-7-17(22)26)29(28-19)23(31)27-18-8-3-2-5-15(18)24/h2-11,20,30H,12H2,1H3,(H,27,31). The predicted octanol–water partition coefficient (Wildman–Crippen LogP) is 7.21. The Labute approximate surface area is 201 Å². The van der Waals surface area contributed by atoms with Gasteiger partial charge >= 0.3 is 0 Å². The first kappa shape index (κ1) is 21.9. The summed E-state index contributed by atoms with van der Waals surface area (Å²) in [4.78, 5) is 0. The molecule has 1 aliphatic heterocycles. The van der Waals surface area contributed by atoms with Crippen LogP contribution >= 0.6 is 47.0 Å². The molecule has 1 aliphatic rings. The lowest BCUT2D eigenvalue weighted by molar-refractivity contribution is 0.376. The van der Waals surface area contributed by atoms with E-state index in [0.29, 0.717) is 32.3 Å². The number of hydrazone groups is 1.